The molecule has 3 N–H and O–H groups in total. The summed E-state index contributed by atoms with van der Waals surface area (Å²) in [6.07, 6.45) is 3.90. The highest BCUT2D eigenvalue weighted by atomic mass is 31.2. The second-order valence-corrected chi connectivity index (χ2v) is 13.2. The van der Waals surface area contributed by atoms with Crippen molar-refractivity contribution in [1.29, 1.82) is 0 Å². The summed E-state index contributed by atoms with van der Waals surface area (Å²) in [4.78, 5) is 26.1. The van der Waals surface area contributed by atoms with E-state index in [2.05, 4.69) is 10.9 Å². The summed E-state index contributed by atoms with van der Waals surface area (Å²) >= 11 is 0. The number of fused-ring (bicyclic) bond motifs is 1. The molecule has 3 unspecified atom stereocenters. The number of ether oxygens (including phenoxy) is 1. The SMILES string of the molecule is C#Cc1cn(C2CCC(C(O)(O)OP3(=O)OCc4c(F)c(C(C)(C)C)cc(C(C)(C)C)c4O3)O2)c(=O)[nH]c1=O. The number of halogens is 1. The molecule has 0 bridgehead atoms. The maximum Gasteiger partial charge on any atom is 0.534 e. The van der Waals surface area contributed by atoms with Crippen molar-refractivity contribution in [2.45, 2.75) is 90.1 Å². The molecule has 4 rings (SSSR count). The van der Waals surface area contributed by atoms with Gasteiger partial charge in [-0.1, -0.05) is 47.5 Å². The summed E-state index contributed by atoms with van der Waals surface area (Å²) in [5.74, 6) is -1.66. The average Bonchev–Trinajstić information content (AvgIpc) is 3.28. The minimum Gasteiger partial charge on any atom is -0.403 e. The van der Waals surface area contributed by atoms with E-state index in [0.29, 0.717) is 11.1 Å². The van der Waals surface area contributed by atoms with E-state index in [1.165, 1.54) is 0 Å². The van der Waals surface area contributed by atoms with E-state index in [1.54, 1.807) is 6.07 Å². The van der Waals surface area contributed by atoms with E-state index in [0.717, 1.165) is 10.8 Å². The van der Waals surface area contributed by atoms with Crippen LogP contribution in [-0.4, -0.2) is 31.8 Å². The van der Waals surface area contributed by atoms with Crippen LogP contribution >= 0.6 is 7.82 Å². The Balaban J connectivity index is 1.61. The number of benzene rings is 1. The van der Waals surface area contributed by atoms with Gasteiger partial charge in [0.1, 0.15) is 29.5 Å². The lowest BCUT2D eigenvalue weighted by Gasteiger charge is -2.36. The Hall–Kier alpha value is -2.78. The third-order valence-electron chi connectivity index (χ3n) is 6.59. The number of terminal acetylenes is 1. The van der Waals surface area contributed by atoms with E-state index in [9.17, 15) is 24.4 Å². The molecule has 1 saturated heterocycles. The summed E-state index contributed by atoms with van der Waals surface area (Å²) in [6.45, 7) is 10.7. The molecule has 0 saturated carbocycles. The fraction of sp³-hybridized carbons (Fsp3) is 0.538. The summed E-state index contributed by atoms with van der Waals surface area (Å²) in [5, 5.41) is 21.4. The van der Waals surface area contributed by atoms with Crippen molar-refractivity contribution in [3.05, 3.63) is 61.2 Å². The first kappa shape index (κ1) is 29.2. The number of hydrogen-bond donors (Lipinski definition) is 3. The molecule has 3 heterocycles. The normalized spacial score (nSPS) is 23.7. The molecular formula is C26H32FN2O9P. The van der Waals surface area contributed by atoms with E-state index >= 15 is 4.39 Å². The molecule has 2 aromatic rings. The van der Waals surface area contributed by atoms with Gasteiger partial charge in [-0.25, -0.2) is 18.3 Å². The molecule has 212 valence electrons. The first-order valence-corrected chi connectivity index (χ1v) is 13.8. The summed E-state index contributed by atoms with van der Waals surface area (Å²) < 4.78 is 51.5. The lowest BCUT2D eigenvalue weighted by molar-refractivity contribution is -0.349. The van der Waals surface area contributed by atoms with Gasteiger partial charge in [-0.2, -0.15) is 0 Å². The van der Waals surface area contributed by atoms with Crippen molar-refractivity contribution in [3.8, 4) is 18.1 Å². The van der Waals surface area contributed by atoms with Crippen LogP contribution in [0, 0.1) is 18.2 Å². The van der Waals surface area contributed by atoms with Crippen molar-refractivity contribution in [2.75, 3.05) is 0 Å². The average molecular weight is 567 g/mol. The molecule has 0 radical (unpaired) electrons. The van der Waals surface area contributed by atoms with Crippen LogP contribution in [-0.2, 0) is 35.8 Å². The molecular weight excluding hydrogens is 534 g/mol. The predicted molar refractivity (Wildman–Crippen MR) is 137 cm³/mol. The van der Waals surface area contributed by atoms with Crippen LogP contribution in [0.4, 0.5) is 4.39 Å². The van der Waals surface area contributed by atoms with Crippen molar-refractivity contribution in [2.24, 2.45) is 0 Å². The molecule has 2 aliphatic heterocycles. The number of aliphatic hydroxyl groups is 2. The van der Waals surface area contributed by atoms with Crippen molar-refractivity contribution < 1.29 is 37.5 Å². The Morgan fingerprint density at radius 2 is 1.79 bits per heavy atom. The van der Waals surface area contributed by atoms with Gasteiger partial charge in [0, 0.05) is 11.8 Å². The van der Waals surface area contributed by atoms with Gasteiger partial charge in [-0.15, -0.1) is 6.42 Å². The number of phosphoric ester groups is 1. The molecule has 39 heavy (non-hydrogen) atoms. The minimum atomic E-state index is -4.70. The number of nitrogens with one attached hydrogen (secondary N) is 1. The second kappa shape index (κ2) is 9.70. The number of H-pyrrole nitrogens is 1. The molecule has 1 fully saturated rings. The monoisotopic (exact) mass is 566 g/mol. The highest BCUT2D eigenvalue weighted by molar-refractivity contribution is 7.49. The third-order valence-corrected chi connectivity index (χ3v) is 7.94. The van der Waals surface area contributed by atoms with Crippen molar-refractivity contribution in [1.82, 2.24) is 9.55 Å². The van der Waals surface area contributed by atoms with Gasteiger partial charge in [0.25, 0.3) is 5.56 Å². The van der Waals surface area contributed by atoms with Crippen LogP contribution in [0.25, 0.3) is 0 Å². The fourth-order valence-electron chi connectivity index (χ4n) is 4.49. The van der Waals surface area contributed by atoms with Crippen molar-refractivity contribution in [3.63, 3.8) is 0 Å². The summed E-state index contributed by atoms with van der Waals surface area (Å²) in [5.41, 5.74) is -1.81. The van der Waals surface area contributed by atoms with Gasteiger partial charge in [-0.05, 0) is 35.3 Å². The van der Waals surface area contributed by atoms with E-state index in [1.807, 2.05) is 41.5 Å². The van der Waals surface area contributed by atoms with E-state index < -0.39 is 60.6 Å². The van der Waals surface area contributed by atoms with Gasteiger partial charge >= 0.3 is 19.5 Å². The quantitative estimate of drug-likeness (QED) is 0.288. The van der Waals surface area contributed by atoms with Gasteiger partial charge in [0.2, 0.25) is 0 Å². The maximum absolute atomic E-state index is 15.5. The third kappa shape index (κ3) is 5.61. The number of phosphoric acid groups is 1. The van der Waals surface area contributed by atoms with E-state index in [4.69, 9.17) is 24.7 Å². The molecule has 1 aromatic heterocycles. The molecule has 0 spiro atoms. The van der Waals surface area contributed by atoms with Gasteiger partial charge in [0.05, 0.1) is 12.2 Å². The van der Waals surface area contributed by atoms with Gasteiger partial charge in [-0.3, -0.25) is 18.9 Å². The van der Waals surface area contributed by atoms with Crippen LogP contribution in [0.3, 0.4) is 0 Å². The first-order valence-electron chi connectivity index (χ1n) is 12.3. The molecule has 3 atom stereocenters. The number of nitrogens with zero attached hydrogens (tertiary/aromatic N) is 1. The molecule has 13 heteroatoms. The second-order valence-electron chi connectivity index (χ2n) is 11.7. The number of aromatic nitrogens is 2. The first-order chi connectivity index (χ1) is 17.9. The molecule has 11 nitrogen and oxygen atoms in total. The Morgan fingerprint density at radius 1 is 1.15 bits per heavy atom. The lowest BCUT2D eigenvalue weighted by atomic mass is 9.78. The summed E-state index contributed by atoms with van der Waals surface area (Å²) in [6, 6.07) is 1.64. The molecule has 1 aromatic carbocycles. The Morgan fingerprint density at radius 3 is 2.38 bits per heavy atom. The largest absolute Gasteiger partial charge is 0.534 e. The zero-order chi connectivity index (χ0) is 29.1. The van der Waals surface area contributed by atoms with Crippen LogP contribution in [0.15, 0.2) is 21.9 Å². The smallest absolute Gasteiger partial charge is 0.403 e. The van der Waals surface area contributed by atoms with Crippen LogP contribution in [0.5, 0.6) is 5.75 Å². The Kier molecular flexibility index (Phi) is 7.26. The zero-order valence-electron chi connectivity index (χ0n) is 22.5. The number of rotatable bonds is 4. The van der Waals surface area contributed by atoms with Crippen LogP contribution < -0.4 is 15.8 Å². The minimum absolute atomic E-state index is 0.0443. The topological polar surface area (TPSA) is 149 Å². The standard InChI is InChI=1S/C26H32FN2O9P/c1-8-14-12-29(23(31)28-22(14)30)19-10-9-18(36-19)26(32,33)38-39(34)35-13-15-20(27)16(24(2,3)4)11-17(21(15)37-39)25(5,6)7/h1,11-12,18-19,32-33H,9-10,13H2,2-7H3,(H,28,30,31). The van der Waals surface area contributed by atoms with E-state index in [-0.39, 0.29) is 29.7 Å². The highest BCUT2D eigenvalue weighted by Gasteiger charge is 2.52. The number of aromatic amines is 1. The Labute approximate surface area is 224 Å². The maximum atomic E-state index is 15.5. The Bertz CT molecular complexity index is 1510. The van der Waals surface area contributed by atoms with Crippen LogP contribution in [0.1, 0.15) is 82.9 Å². The van der Waals surface area contributed by atoms with Gasteiger partial charge < -0.3 is 19.5 Å². The fourth-order valence-corrected chi connectivity index (χ4v) is 5.80. The van der Waals surface area contributed by atoms with Crippen LogP contribution in [0.2, 0.25) is 0 Å². The predicted octanol–water partition coefficient (Wildman–Crippen LogP) is 3.30. The highest BCUT2D eigenvalue weighted by Crippen LogP contribution is 2.59. The lowest BCUT2D eigenvalue weighted by Crippen LogP contribution is -2.45. The van der Waals surface area contributed by atoms with Gasteiger partial charge in [0.15, 0.2) is 0 Å². The summed E-state index contributed by atoms with van der Waals surface area (Å²) in [7, 11) is -4.70. The molecule has 2 aliphatic rings. The van der Waals surface area contributed by atoms with Crippen molar-refractivity contribution >= 4 is 7.82 Å². The zero-order valence-corrected chi connectivity index (χ0v) is 23.4. The molecule has 0 amide bonds. The number of hydrogen-bond acceptors (Lipinski definition) is 9. The molecule has 0 aliphatic carbocycles.